The van der Waals surface area contributed by atoms with E-state index in [1.54, 1.807) is 23.6 Å². The van der Waals surface area contributed by atoms with E-state index < -0.39 is 5.97 Å². The summed E-state index contributed by atoms with van der Waals surface area (Å²) >= 11 is 1.61. The van der Waals surface area contributed by atoms with Crippen LogP contribution in [0.3, 0.4) is 0 Å². The summed E-state index contributed by atoms with van der Waals surface area (Å²) in [5.41, 5.74) is 0. The van der Waals surface area contributed by atoms with Gasteiger partial charge in [-0.3, -0.25) is 0 Å². The molecule has 0 radical (unpaired) electrons. The molecule has 2 aromatic rings. The van der Waals surface area contributed by atoms with Crippen LogP contribution in [0.15, 0.2) is 23.8 Å². The second-order valence-corrected chi connectivity index (χ2v) is 4.34. The van der Waals surface area contributed by atoms with Crippen LogP contribution < -0.4 is 5.32 Å². The zero-order chi connectivity index (χ0) is 12.8. The van der Waals surface area contributed by atoms with E-state index in [-0.39, 0.29) is 5.82 Å². The van der Waals surface area contributed by atoms with E-state index in [0.29, 0.717) is 12.4 Å². The third kappa shape index (κ3) is 3.24. The Balaban J connectivity index is 1.91. The maximum atomic E-state index is 11.2. The number of nitrogens with one attached hydrogen (secondary N) is 1. The van der Waals surface area contributed by atoms with E-state index in [0.717, 1.165) is 11.4 Å². The van der Waals surface area contributed by atoms with Gasteiger partial charge in [0.25, 0.3) is 0 Å². The van der Waals surface area contributed by atoms with Crippen molar-refractivity contribution < 1.29 is 9.53 Å². The molecule has 0 bridgehead atoms. The summed E-state index contributed by atoms with van der Waals surface area (Å²) in [5, 5.41) is 6.11. The molecular formula is C11H12N4O2S. The van der Waals surface area contributed by atoms with Crippen LogP contribution in [0.4, 0.5) is 5.82 Å². The fourth-order valence-corrected chi connectivity index (χ4v) is 1.94. The first-order valence-electron chi connectivity index (χ1n) is 5.33. The van der Waals surface area contributed by atoms with Crippen LogP contribution in [-0.4, -0.2) is 34.6 Å². The number of rotatable bonds is 5. The van der Waals surface area contributed by atoms with Crippen molar-refractivity contribution in [1.29, 1.82) is 0 Å². The molecule has 94 valence electrons. The van der Waals surface area contributed by atoms with Gasteiger partial charge in [-0.05, 0) is 6.07 Å². The number of aromatic nitrogens is 3. The van der Waals surface area contributed by atoms with Gasteiger partial charge in [-0.15, -0.1) is 11.3 Å². The van der Waals surface area contributed by atoms with Crippen molar-refractivity contribution in [2.24, 2.45) is 0 Å². The number of esters is 1. The summed E-state index contributed by atoms with van der Waals surface area (Å²) in [7, 11) is 1.30. The lowest BCUT2D eigenvalue weighted by atomic mass is 10.4. The summed E-state index contributed by atoms with van der Waals surface area (Å²) in [6.45, 7) is 0.700. The second kappa shape index (κ2) is 6.06. The largest absolute Gasteiger partial charge is 0.463 e. The van der Waals surface area contributed by atoms with E-state index >= 15 is 0 Å². The van der Waals surface area contributed by atoms with Crippen molar-refractivity contribution in [3.05, 3.63) is 34.7 Å². The molecule has 0 aromatic carbocycles. The molecule has 1 N–H and O–H groups in total. The molecule has 0 saturated heterocycles. The third-order valence-electron chi connectivity index (χ3n) is 2.15. The molecule has 2 aromatic heterocycles. The SMILES string of the molecule is COC(=O)c1nccc(NCCc2nccs2)n1. The van der Waals surface area contributed by atoms with Gasteiger partial charge < -0.3 is 10.1 Å². The molecule has 2 heterocycles. The van der Waals surface area contributed by atoms with E-state index in [1.165, 1.54) is 13.3 Å². The number of carbonyl (C=O) groups excluding carboxylic acids is 1. The zero-order valence-electron chi connectivity index (χ0n) is 9.79. The van der Waals surface area contributed by atoms with Crippen LogP contribution in [0.5, 0.6) is 0 Å². The number of carbonyl (C=O) groups is 1. The number of nitrogens with zero attached hydrogens (tertiary/aromatic N) is 3. The van der Waals surface area contributed by atoms with Gasteiger partial charge in [0.05, 0.1) is 12.1 Å². The first kappa shape index (κ1) is 12.4. The summed E-state index contributed by atoms with van der Waals surface area (Å²) in [6, 6.07) is 1.70. The first-order valence-corrected chi connectivity index (χ1v) is 6.21. The number of methoxy groups -OCH3 is 1. The Bertz CT molecular complexity index is 516. The zero-order valence-corrected chi connectivity index (χ0v) is 10.6. The Morgan fingerprint density at radius 2 is 2.33 bits per heavy atom. The van der Waals surface area contributed by atoms with Gasteiger partial charge in [-0.25, -0.2) is 19.7 Å². The standard InChI is InChI=1S/C11H12N4O2S/c1-17-11(16)10-14-4-2-8(15-10)12-5-3-9-13-6-7-18-9/h2,4,6-7H,3,5H2,1H3,(H,12,14,15). The molecule has 0 saturated carbocycles. The fourth-order valence-electron chi connectivity index (χ4n) is 1.32. The average Bonchev–Trinajstić information content (AvgIpc) is 2.91. The van der Waals surface area contributed by atoms with Crippen LogP contribution in [0.25, 0.3) is 0 Å². The molecule has 18 heavy (non-hydrogen) atoms. The van der Waals surface area contributed by atoms with Crippen molar-refractivity contribution in [1.82, 2.24) is 15.0 Å². The van der Waals surface area contributed by atoms with Gasteiger partial charge in [0.2, 0.25) is 5.82 Å². The molecule has 0 fully saturated rings. The van der Waals surface area contributed by atoms with Crippen molar-refractivity contribution in [3.63, 3.8) is 0 Å². The molecule has 0 unspecified atom stereocenters. The Labute approximate surface area is 108 Å². The monoisotopic (exact) mass is 264 g/mol. The molecule has 0 aliphatic rings. The predicted octanol–water partition coefficient (Wildman–Crippen LogP) is 1.37. The lowest BCUT2D eigenvalue weighted by Crippen LogP contribution is -2.11. The van der Waals surface area contributed by atoms with Gasteiger partial charge in [0, 0.05) is 30.7 Å². The van der Waals surface area contributed by atoms with Crippen molar-refractivity contribution in [2.75, 3.05) is 19.0 Å². The van der Waals surface area contributed by atoms with E-state index in [2.05, 4.69) is 25.0 Å². The van der Waals surface area contributed by atoms with Gasteiger partial charge in [0.15, 0.2) is 0 Å². The topological polar surface area (TPSA) is 77.0 Å². The highest BCUT2D eigenvalue weighted by Crippen LogP contribution is 2.06. The highest BCUT2D eigenvalue weighted by Gasteiger charge is 2.09. The van der Waals surface area contributed by atoms with Gasteiger partial charge in [-0.2, -0.15) is 0 Å². The minimum atomic E-state index is -0.543. The maximum Gasteiger partial charge on any atom is 0.376 e. The maximum absolute atomic E-state index is 11.2. The summed E-state index contributed by atoms with van der Waals surface area (Å²) in [6.07, 6.45) is 4.11. The molecule has 0 spiro atoms. The molecule has 0 aliphatic heterocycles. The number of ether oxygens (including phenoxy) is 1. The summed E-state index contributed by atoms with van der Waals surface area (Å²) < 4.78 is 4.55. The van der Waals surface area contributed by atoms with Crippen molar-refractivity contribution in [2.45, 2.75) is 6.42 Å². The van der Waals surface area contributed by atoms with Crippen molar-refractivity contribution in [3.8, 4) is 0 Å². The first-order chi connectivity index (χ1) is 8.79. The van der Waals surface area contributed by atoms with Crippen LogP contribution in [0.2, 0.25) is 0 Å². The van der Waals surface area contributed by atoms with E-state index in [1.807, 2.05) is 5.38 Å². The smallest absolute Gasteiger partial charge is 0.376 e. The predicted molar refractivity (Wildman–Crippen MR) is 67.7 cm³/mol. The molecule has 0 amide bonds. The van der Waals surface area contributed by atoms with Gasteiger partial charge >= 0.3 is 5.97 Å². The summed E-state index contributed by atoms with van der Waals surface area (Å²) in [5.74, 6) is 0.109. The van der Waals surface area contributed by atoms with E-state index in [9.17, 15) is 4.79 Å². The minimum Gasteiger partial charge on any atom is -0.463 e. The number of anilines is 1. The van der Waals surface area contributed by atoms with Crippen LogP contribution in [-0.2, 0) is 11.2 Å². The van der Waals surface area contributed by atoms with E-state index in [4.69, 9.17) is 0 Å². The number of thiazole rings is 1. The Morgan fingerprint density at radius 1 is 1.44 bits per heavy atom. The molecular weight excluding hydrogens is 252 g/mol. The highest BCUT2D eigenvalue weighted by atomic mass is 32.1. The molecule has 0 aliphatic carbocycles. The average molecular weight is 264 g/mol. The highest BCUT2D eigenvalue weighted by molar-refractivity contribution is 7.09. The Hall–Kier alpha value is -2.02. The Morgan fingerprint density at radius 3 is 3.06 bits per heavy atom. The van der Waals surface area contributed by atoms with Crippen LogP contribution in [0.1, 0.15) is 15.6 Å². The molecule has 6 nitrogen and oxygen atoms in total. The fraction of sp³-hybridized carbons (Fsp3) is 0.273. The van der Waals surface area contributed by atoms with Crippen LogP contribution in [0, 0.1) is 0 Å². The number of hydrogen-bond acceptors (Lipinski definition) is 7. The summed E-state index contributed by atoms with van der Waals surface area (Å²) in [4.78, 5) is 23.3. The lowest BCUT2D eigenvalue weighted by molar-refractivity contribution is 0.0587. The van der Waals surface area contributed by atoms with Crippen LogP contribution >= 0.6 is 11.3 Å². The normalized spacial score (nSPS) is 10.1. The van der Waals surface area contributed by atoms with Crippen molar-refractivity contribution >= 4 is 23.1 Å². The Kier molecular flexibility index (Phi) is 4.19. The third-order valence-corrected chi connectivity index (χ3v) is 2.99. The molecule has 0 atom stereocenters. The van der Waals surface area contributed by atoms with Gasteiger partial charge in [-0.1, -0.05) is 0 Å². The van der Waals surface area contributed by atoms with Gasteiger partial charge in [0.1, 0.15) is 5.82 Å². The number of hydrogen-bond donors (Lipinski definition) is 1. The lowest BCUT2D eigenvalue weighted by Gasteiger charge is -2.04. The minimum absolute atomic E-state index is 0.0525. The molecule has 7 heteroatoms. The molecule has 2 rings (SSSR count). The second-order valence-electron chi connectivity index (χ2n) is 3.36. The quantitative estimate of drug-likeness (QED) is 0.822.